The molecule has 0 aliphatic carbocycles. The number of hydrogen-bond acceptors (Lipinski definition) is 4. The number of piperidine rings is 1. The third kappa shape index (κ3) is 4.08. The number of aryl methyl sites for hydroxylation is 1. The van der Waals surface area contributed by atoms with E-state index in [1.807, 2.05) is 20.8 Å². The number of carboxylic acids is 1. The Morgan fingerprint density at radius 2 is 2.18 bits per heavy atom. The molecule has 1 aromatic heterocycles. The molecule has 0 radical (unpaired) electrons. The van der Waals surface area contributed by atoms with E-state index in [4.69, 9.17) is 9.52 Å². The van der Waals surface area contributed by atoms with Gasteiger partial charge in [-0.15, -0.1) is 0 Å². The summed E-state index contributed by atoms with van der Waals surface area (Å²) in [6.07, 6.45) is 3.85. The maximum Gasteiger partial charge on any atom is 0.308 e. The van der Waals surface area contributed by atoms with Gasteiger partial charge in [0, 0.05) is 31.3 Å². The second-order valence-corrected chi connectivity index (χ2v) is 6.89. The van der Waals surface area contributed by atoms with Crippen molar-refractivity contribution in [1.82, 2.24) is 9.88 Å². The van der Waals surface area contributed by atoms with Gasteiger partial charge in [0.25, 0.3) is 0 Å². The van der Waals surface area contributed by atoms with Crippen LogP contribution in [-0.2, 0) is 21.4 Å². The van der Waals surface area contributed by atoms with Crippen LogP contribution < -0.4 is 0 Å². The molecule has 2 heterocycles. The molecule has 1 atom stereocenters. The van der Waals surface area contributed by atoms with E-state index >= 15 is 0 Å². The third-order valence-electron chi connectivity index (χ3n) is 3.97. The van der Waals surface area contributed by atoms with Gasteiger partial charge in [-0.05, 0) is 12.8 Å². The first kappa shape index (κ1) is 16.5. The predicted molar refractivity (Wildman–Crippen MR) is 80.5 cm³/mol. The molecule has 122 valence electrons. The van der Waals surface area contributed by atoms with Gasteiger partial charge in [-0.3, -0.25) is 9.59 Å². The smallest absolute Gasteiger partial charge is 0.308 e. The number of carbonyl (C=O) groups is 2. The monoisotopic (exact) mass is 308 g/mol. The Labute approximate surface area is 130 Å². The number of aliphatic carboxylic acids is 1. The Bertz CT molecular complexity index is 545. The molecule has 1 unspecified atom stereocenters. The number of hydrogen-bond donors (Lipinski definition) is 1. The number of nitrogens with zero attached hydrogens (tertiary/aromatic N) is 2. The van der Waals surface area contributed by atoms with Crippen molar-refractivity contribution in [1.29, 1.82) is 0 Å². The second kappa shape index (κ2) is 6.50. The first-order chi connectivity index (χ1) is 10.3. The van der Waals surface area contributed by atoms with Crippen LogP contribution in [0.5, 0.6) is 0 Å². The molecule has 1 aliphatic heterocycles. The lowest BCUT2D eigenvalue weighted by Gasteiger charge is -2.30. The average Bonchev–Trinajstić information content (AvgIpc) is 2.94. The molecule has 1 aromatic rings. The molecule has 0 aromatic carbocycles. The Morgan fingerprint density at radius 3 is 2.77 bits per heavy atom. The summed E-state index contributed by atoms with van der Waals surface area (Å²) in [5, 5.41) is 9.06. The minimum atomic E-state index is -0.819. The van der Waals surface area contributed by atoms with E-state index in [9.17, 15) is 9.59 Å². The molecule has 1 aliphatic rings. The highest BCUT2D eigenvalue weighted by atomic mass is 16.4. The van der Waals surface area contributed by atoms with Crippen molar-refractivity contribution in [2.45, 2.75) is 51.9 Å². The highest BCUT2D eigenvalue weighted by molar-refractivity contribution is 5.78. The standard InChI is InChI=1S/C16H24N2O4/c1-16(2,3)12-9-17-13(22-12)6-7-14(19)18-8-4-5-11(10-18)15(20)21/h9,11H,4-8,10H2,1-3H3,(H,20,21). The fraction of sp³-hybridized carbons (Fsp3) is 0.688. The highest BCUT2D eigenvalue weighted by Gasteiger charge is 2.28. The molecule has 6 nitrogen and oxygen atoms in total. The first-order valence-electron chi connectivity index (χ1n) is 7.73. The lowest BCUT2D eigenvalue weighted by molar-refractivity contribution is -0.145. The first-order valence-corrected chi connectivity index (χ1v) is 7.73. The van der Waals surface area contributed by atoms with E-state index in [-0.39, 0.29) is 11.3 Å². The summed E-state index contributed by atoms with van der Waals surface area (Å²) >= 11 is 0. The fourth-order valence-electron chi connectivity index (χ4n) is 2.55. The topological polar surface area (TPSA) is 83.6 Å². The zero-order valence-corrected chi connectivity index (χ0v) is 13.5. The van der Waals surface area contributed by atoms with Crippen LogP contribution in [0.3, 0.4) is 0 Å². The Morgan fingerprint density at radius 1 is 1.45 bits per heavy atom. The largest absolute Gasteiger partial charge is 0.481 e. The van der Waals surface area contributed by atoms with Gasteiger partial charge in [0.05, 0.1) is 12.1 Å². The predicted octanol–water partition coefficient (Wildman–Crippen LogP) is 2.23. The normalized spacial score (nSPS) is 19.2. The molecule has 6 heteroatoms. The Kier molecular flexibility index (Phi) is 4.88. The molecule has 1 amide bonds. The summed E-state index contributed by atoms with van der Waals surface area (Å²) < 4.78 is 5.67. The summed E-state index contributed by atoms with van der Waals surface area (Å²) in [6, 6.07) is 0. The molecule has 1 fully saturated rings. The zero-order chi connectivity index (χ0) is 16.3. The van der Waals surface area contributed by atoms with Gasteiger partial charge < -0.3 is 14.4 Å². The number of carboxylic acid groups (broad SMARTS) is 1. The summed E-state index contributed by atoms with van der Waals surface area (Å²) in [5.74, 6) is 0.0809. The van der Waals surface area contributed by atoms with E-state index in [0.717, 1.165) is 12.2 Å². The lowest BCUT2D eigenvalue weighted by Crippen LogP contribution is -2.42. The summed E-state index contributed by atoms with van der Waals surface area (Å²) in [4.78, 5) is 29.1. The highest BCUT2D eigenvalue weighted by Crippen LogP contribution is 2.23. The van der Waals surface area contributed by atoms with Gasteiger partial charge in [0.15, 0.2) is 5.89 Å². The fourth-order valence-corrected chi connectivity index (χ4v) is 2.55. The Balaban J connectivity index is 1.87. The van der Waals surface area contributed by atoms with E-state index < -0.39 is 11.9 Å². The van der Waals surface area contributed by atoms with Crippen LogP contribution in [0.1, 0.15) is 51.7 Å². The van der Waals surface area contributed by atoms with Crippen molar-refractivity contribution in [3.05, 3.63) is 17.8 Å². The van der Waals surface area contributed by atoms with Gasteiger partial charge in [-0.25, -0.2) is 4.98 Å². The number of oxazole rings is 1. The van der Waals surface area contributed by atoms with Crippen molar-refractivity contribution >= 4 is 11.9 Å². The molecule has 0 saturated carbocycles. The molecular weight excluding hydrogens is 284 g/mol. The molecule has 0 spiro atoms. The van der Waals surface area contributed by atoms with Crippen molar-refractivity contribution in [2.24, 2.45) is 5.92 Å². The quantitative estimate of drug-likeness (QED) is 0.922. The van der Waals surface area contributed by atoms with Crippen LogP contribution >= 0.6 is 0 Å². The summed E-state index contributed by atoms with van der Waals surface area (Å²) in [6.45, 7) is 7.08. The van der Waals surface area contributed by atoms with Crippen molar-refractivity contribution < 1.29 is 19.1 Å². The summed E-state index contributed by atoms with van der Waals surface area (Å²) in [5.41, 5.74) is -0.100. The molecule has 22 heavy (non-hydrogen) atoms. The van der Waals surface area contributed by atoms with E-state index in [1.54, 1.807) is 11.1 Å². The van der Waals surface area contributed by atoms with Crippen LogP contribution in [0, 0.1) is 5.92 Å². The third-order valence-corrected chi connectivity index (χ3v) is 3.97. The maximum atomic E-state index is 12.2. The van der Waals surface area contributed by atoms with Crippen LogP contribution in [0.25, 0.3) is 0 Å². The molecule has 1 N–H and O–H groups in total. The van der Waals surface area contributed by atoms with Crippen LogP contribution in [0.15, 0.2) is 10.6 Å². The van der Waals surface area contributed by atoms with Crippen LogP contribution in [-0.4, -0.2) is 40.0 Å². The van der Waals surface area contributed by atoms with Crippen molar-refractivity contribution in [2.75, 3.05) is 13.1 Å². The number of aromatic nitrogens is 1. The van der Waals surface area contributed by atoms with Gasteiger partial charge in [0.2, 0.25) is 5.91 Å². The molecule has 0 bridgehead atoms. The van der Waals surface area contributed by atoms with Crippen LogP contribution in [0.4, 0.5) is 0 Å². The number of amides is 1. The molecular formula is C16H24N2O4. The number of rotatable bonds is 4. The summed E-state index contributed by atoms with van der Waals surface area (Å²) in [7, 11) is 0. The number of likely N-dealkylation sites (tertiary alicyclic amines) is 1. The van der Waals surface area contributed by atoms with Crippen LogP contribution in [0.2, 0.25) is 0 Å². The van der Waals surface area contributed by atoms with E-state index in [1.165, 1.54) is 0 Å². The van der Waals surface area contributed by atoms with Gasteiger partial charge in [-0.2, -0.15) is 0 Å². The zero-order valence-electron chi connectivity index (χ0n) is 13.5. The lowest BCUT2D eigenvalue weighted by atomic mass is 9.94. The van der Waals surface area contributed by atoms with Crippen molar-refractivity contribution in [3.8, 4) is 0 Å². The van der Waals surface area contributed by atoms with Crippen molar-refractivity contribution in [3.63, 3.8) is 0 Å². The van der Waals surface area contributed by atoms with E-state index in [2.05, 4.69) is 4.98 Å². The SMILES string of the molecule is CC(C)(C)c1cnc(CCC(=O)N2CCCC(C(=O)O)C2)o1. The minimum absolute atomic E-state index is 0.0264. The molecule has 1 saturated heterocycles. The minimum Gasteiger partial charge on any atom is -0.481 e. The second-order valence-electron chi connectivity index (χ2n) is 6.89. The van der Waals surface area contributed by atoms with Gasteiger partial charge in [0.1, 0.15) is 5.76 Å². The van der Waals surface area contributed by atoms with Gasteiger partial charge >= 0.3 is 5.97 Å². The van der Waals surface area contributed by atoms with Gasteiger partial charge in [-0.1, -0.05) is 20.8 Å². The average molecular weight is 308 g/mol. The Hall–Kier alpha value is -1.85. The maximum absolute atomic E-state index is 12.2. The number of carbonyl (C=O) groups excluding carboxylic acids is 1. The molecule has 2 rings (SSSR count). The van der Waals surface area contributed by atoms with E-state index in [0.29, 0.717) is 38.2 Å².